The van der Waals surface area contributed by atoms with Crippen molar-refractivity contribution in [3.8, 4) is 11.4 Å². The Kier molecular flexibility index (Phi) is 10.9. The molecule has 1 aromatic carbocycles. The van der Waals surface area contributed by atoms with E-state index in [0.717, 1.165) is 32.0 Å². The molecule has 39 heavy (non-hydrogen) atoms. The fourth-order valence-electron chi connectivity index (χ4n) is 3.19. The van der Waals surface area contributed by atoms with E-state index in [0.29, 0.717) is 0 Å². The van der Waals surface area contributed by atoms with Gasteiger partial charge in [0.15, 0.2) is 23.7 Å². The molecule has 210 valence electrons. The molecule has 0 saturated heterocycles. The van der Waals surface area contributed by atoms with E-state index in [1.54, 1.807) is 17.4 Å². The van der Waals surface area contributed by atoms with Crippen molar-refractivity contribution in [3.63, 3.8) is 0 Å². The van der Waals surface area contributed by atoms with Gasteiger partial charge in [0, 0.05) is 13.6 Å². The number of aromatic nitrogens is 4. The maximum absolute atomic E-state index is 14.4. The summed E-state index contributed by atoms with van der Waals surface area (Å²) in [6.07, 6.45) is 3.99. The monoisotopic (exact) mass is 573 g/mol. The molecule has 0 aliphatic rings. The Hall–Kier alpha value is -4.07. The van der Waals surface area contributed by atoms with Crippen molar-refractivity contribution in [2.75, 3.05) is 25.1 Å². The van der Waals surface area contributed by atoms with Crippen LogP contribution in [0.4, 0.5) is 33.5 Å². The van der Waals surface area contributed by atoms with E-state index in [2.05, 4.69) is 22.0 Å². The first-order valence-corrected chi connectivity index (χ1v) is 11.7. The molecule has 0 amide bonds. The van der Waals surface area contributed by atoms with Crippen molar-refractivity contribution in [1.29, 1.82) is 0 Å². The number of anilines is 2. The molecule has 9 nitrogen and oxygen atoms in total. The van der Waals surface area contributed by atoms with Crippen LogP contribution in [0.2, 0.25) is 5.02 Å². The van der Waals surface area contributed by atoms with E-state index in [9.17, 15) is 31.5 Å². The van der Waals surface area contributed by atoms with Gasteiger partial charge in [0.1, 0.15) is 16.4 Å². The van der Waals surface area contributed by atoms with Crippen molar-refractivity contribution in [2.45, 2.75) is 32.4 Å². The van der Waals surface area contributed by atoms with Crippen molar-refractivity contribution < 1.29 is 26.7 Å². The van der Waals surface area contributed by atoms with Crippen LogP contribution < -0.4 is 17.0 Å². The second-order valence-corrected chi connectivity index (χ2v) is 8.54. The first-order chi connectivity index (χ1) is 18.3. The molecule has 3 aromatic rings. The number of nitrogen functional groups attached to an aromatic ring is 2. The number of aromatic amines is 1. The minimum Gasteiger partial charge on any atom is -0.397 e. The van der Waals surface area contributed by atoms with Crippen LogP contribution in [0.5, 0.6) is 0 Å². The van der Waals surface area contributed by atoms with Crippen LogP contribution in [-0.4, -0.2) is 44.9 Å². The Morgan fingerprint density at radius 1 is 1.15 bits per heavy atom. The molecule has 0 saturated carbocycles. The molecule has 0 unspecified atom stereocenters. The third-order valence-electron chi connectivity index (χ3n) is 5.20. The van der Waals surface area contributed by atoms with Gasteiger partial charge in [0.2, 0.25) is 0 Å². The number of H-pyrrole nitrogens is 1. The van der Waals surface area contributed by atoms with Gasteiger partial charge in [0.25, 0.3) is 5.56 Å². The number of halogens is 6. The smallest absolute Gasteiger partial charge is 0.397 e. The maximum atomic E-state index is 14.4. The lowest BCUT2D eigenvalue weighted by molar-refractivity contribution is -0.138. The molecule has 0 spiro atoms. The minimum absolute atomic E-state index is 0.0475. The summed E-state index contributed by atoms with van der Waals surface area (Å²) in [5.74, 6) is -2.63. The third-order valence-corrected chi connectivity index (χ3v) is 5.49. The topological polar surface area (TPSA) is 144 Å². The summed E-state index contributed by atoms with van der Waals surface area (Å²) < 4.78 is 64.8. The number of nitrogens with one attached hydrogen (secondary N) is 1. The number of rotatable bonds is 8. The second-order valence-electron chi connectivity index (χ2n) is 8.13. The molecule has 0 aliphatic heterocycles. The second kappa shape index (κ2) is 13.6. The molecule has 2 heterocycles. The van der Waals surface area contributed by atoms with Gasteiger partial charge in [-0.15, -0.1) is 0 Å². The van der Waals surface area contributed by atoms with E-state index < -0.39 is 34.6 Å². The van der Waals surface area contributed by atoms with Gasteiger partial charge < -0.3 is 16.4 Å². The van der Waals surface area contributed by atoms with Crippen LogP contribution in [-0.2, 0) is 6.18 Å². The van der Waals surface area contributed by atoms with E-state index in [-0.39, 0.29) is 39.6 Å². The number of nitrogens with zero attached hydrogens (tertiary/aromatic N) is 4. The lowest BCUT2D eigenvalue weighted by atomic mass is 10.0. The average molecular weight is 574 g/mol. The fourth-order valence-corrected chi connectivity index (χ4v) is 3.28. The van der Waals surface area contributed by atoms with Crippen LogP contribution in [0.25, 0.3) is 17.5 Å². The molecule has 15 heteroatoms. The highest BCUT2D eigenvalue weighted by molar-refractivity contribution is 6.32. The largest absolute Gasteiger partial charge is 0.423 e. The first-order valence-electron chi connectivity index (χ1n) is 11.4. The Bertz CT molecular complexity index is 1400. The molecular weight excluding hydrogens is 549 g/mol. The van der Waals surface area contributed by atoms with Gasteiger partial charge in [-0.05, 0) is 30.3 Å². The number of carbonyl (C=O) groups is 1. The number of nitrogens with two attached hydrogens (primary N) is 2. The lowest BCUT2D eigenvalue weighted by Crippen LogP contribution is -2.24. The number of hydrogen-bond acceptors (Lipinski definition) is 8. The molecule has 0 atom stereocenters. The van der Waals surface area contributed by atoms with Crippen LogP contribution in [0.3, 0.4) is 0 Å². The summed E-state index contributed by atoms with van der Waals surface area (Å²) in [5, 5.41) is 4.85. The zero-order valence-corrected chi connectivity index (χ0v) is 21.6. The zero-order valence-electron chi connectivity index (χ0n) is 20.8. The summed E-state index contributed by atoms with van der Waals surface area (Å²) in [6, 6.07) is 1.32. The van der Waals surface area contributed by atoms with Gasteiger partial charge in [-0.1, -0.05) is 31.4 Å². The fraction of sp³-hybridized carbons (Fsp3) is 0.292. The highest BCUT2D eigenvalue weighted by atomic mass is 35.5. The predicted octanol–water partition coefficient (Wildman–Crippen LogP) is 4.93. The summed E-state index contributed by atoms with van der Waals surface area (Å²) in [5.41, 5.74) is 6.77. The Morgan fingerprint density at radius 2 is 1.85 bits per heavy atom. The van der Waals surface area contributed by atoms with Gasteiger partial charge >= 0.3 is 6.18 Å². The number of aldehydes is 1. The van der Waals surface area contributed by atoms with E-state index >= 15 is 0 Å². The quantitative estimate of drug-likeness (QED) is 0.195. The first kappa shape index (κ1) is 31.1. The Labute approximate surface area is 224 Å². The Balaban J connectivity index is 0.000000370. The highest BCUT2D eigenvalue weighted by Gasteiger charge is 2.36. The number of carbonyl (C=O) groups excluding carboxylic acids is 1. The third kappa shape index (κ3) is 8.21. The van der Waals surface area contributed by atoms with Crippen LogP contribution in [0.1, 0.15) is 47.7 Å². The minimum atomic E-state index is -4.74. The number of unbranched alkanes of at least 4 members (excludes halogenated alkanes) is 2. The summed E-state index contributed by atoms with van der Waals surface area (Å²) in [4.78, 5) is 31.6. The van der Waals surface area contributed by atoms with Crippen LogP contribution in [0.15, 0.2) is 29.5 Å². The zero-order chi connectivity index (χ0) is 29.3. The Morgan fingerprint density at radius 3 is 2.38 bits per heavy atom. The summed E-state index contributed by atoms with van der Waals surface area (Å²) in [7, 11) is 1.87. The average Bonchev–Trinajstić information content (AvgIpc) is 2.86. The van der Waals surface area contributed by atoms with Crippen LogP contribution >= 0.6 is 11.6 Å². The molecule has 0 fully saturated rings. The SMILES string of the molecule is CCCCCN(C)/C=C\c1cc(-c2ncc(Cl)c(N)n2)c(F)c(F)c1C=O.Nc1cn[nH]c(=O)c1C(F)(F)F. The van der Waals surface area contributed by atoms with Crippen LogP contribution in [0, 0.1) is 11.6 Å². The van der Waals surface area contributed by atoms with E-state index in [1.807, 2.05) is 11.9 Å². The van der Waals surface area contributed by atoms with Crippen molar-refractivity contribution >= 4 is 35.5 Å². The number of hydrogen-bond donors (Lipinski definition) is 3. The molecule has 3 rings (SSSR count). The number of alkyl halides is 3. The van der Waals surface area contributed by atoms with Gasteiger partial charge in [-0.25, -0.2) is 23.8 Å². The lowest BCUT2D eigenvalue weighted by Gasteiger charge is -2.14. The molecule has 0 aliphatic carbocycles. The maximum Gasteiger partial charge on any atom is 0.423 e. The van der Waals surface area contributed by atoms with E-state index in [1.165, 1.54) is 12.3 Å². The molecule has 0 bridgehead atoms. The predicted molar refractivity (Wildman–Crippen MR) is 138 cm³/mol. The molecule has 5 N–H and O–H groups in total. The van der Waals surface area contributed by atoms with Crippen molar-refractivity contribution in [1.82, 2.24) is 25.1 Å². The summed E-state index contributed by atoms with van der Waals surface area (Å²) in [6.45, 7) is 2.93. The standard InChI is InChI=1S/C19H21ClF2N4O.C5H4F3N3O/c1-3-4-5-7-26(2)8-6-12-9-13(16(21)17(22)14(12)11-27)19-24-10-15(20)18(23)25-19;6-5(7,8)3-2(9)1-10-11-4(3)12/h6,8-11H,3-5,7H2,1-2H3,(H2,23,24,25);1H,(H3,9,11,12)/b8-6-;. The summed E-state index contributed by atoms with van der Waals surface area (Å²) >= 11 is 5.77. The molecule has 2 aromatic heterocycles. The van der Waals surface area contributed by atoms with E-state index in [4.69, 9.17) is 23.1 Å². The van der Waals surface area contributed by atoms with Gasteiger partial charge in [-0.3, -0.25) is 9.59 Å². The highest BCUT2D eigenvalue weighted by Crippen LogP contribution is 2.30. The normalized spacial score (nSPS) is 11.3. The molecule has 0 radical (unpaired) electrons. The van der Waals surface area contributed by atoms with Gasteiger partial charge in [0.05, 0.1) is 29.2 Å². The number of benzene rings is 1. The van der Waals surface area contributed by atoms with Crippen molar-refractivity contribution in [2.24, 2.45) is 0 Å². The van der Waals surface area contributed by atoms with Gasteiger partial charge in [-0.2, -0.15) is 18.3 Å². The van der Waals surface area contributed by atoms with Crippen molar-refractivity contribution in [3.05, 3.63) is 68.4 Å². The molecular formula is C24H25ClF5N7O2.